The summed E-state index contributed by atoms with van der Waals surface area (Å²) in [6.07, 6.45) is -0.292. The van der Waals surface area contributed by atoms with Crippen LogP contribution in [0.5, 0.6) is 5.75 Å². The average molecular weight is 536 g/mol. The fourth-order valence-electron chi connectivity index (χ4n) is 2.39. The molecule has 0 heterocycles. The molecule has 160 valence electrons. The first-order chi connectivity index (χ1) is 13.4. The molecule has 0 saturated carbocycles. The van der Waals surface area contributed by atoms with Gasteiger partial charge in [-0.15, -0.1) is 24.0 Å². The lowest BCUT2D eigenvalue weighted by Crippen LogP contribution is -2.41. The molecule has 0 bridgehead atoms. The molecule has 10 heteroatoms. The Hall–Kier alpha value is -1.92. The van der Waals surface area contributed by atoms with E-state index in [1.54, 1.807) is 37.4 Å². The number of aliphatic imine (C=N–C) groups is 1. The first-order valence-corrected chi connectivity index (χ1v) is 10.2. The molecule has 2 aromatic carbocycles. The van der Waals surface area contributed by atoms with E-state index in [2.05, 4.69) is 20.3 Å². The zero-order valence-electron chi connectivity index (χ0n) is 16.5. The molecule has 29 heavy (non-hydrogen) atoms. The number of benzene rings is 2. The van der Waals surface area contributed by atoms with Gasteiger partial charge in [-0.2, -0.15) is 0 Å². The summed E-state index contributed by atoms with van der Waals surface area (Å²) in [5, 5.41) is 6.20. The molecule has 0 aliphatic rings. The van der Waals surface area contributed by atoms with Gasteiger partial charge in [0.1, 0.15) is 6.10 Å². The number of sulfonamides is 1. The van der Waals surface area contributed by atoms with Gasteiger partial charge in [0.25, 0.3) is 0 Å². The molecule has 0 amide bonds. The fraction of sp³-hybridized carbons (Fsp3) is 0.316. The molecule has 0 aliphatic carbocycles. The molecule has 0 fully saturated rings. The van der Waals surface area contributed by atoms with E-state index in [-0.39, 0.29) is 40.7 Å². The van der Waals surface area contributed by atoms with E-state index in [0.717, 1.165) is 5.56 Å². The second kappa shape index (κ2) is 11.9. The minimum absolute atomic E-state index is 0. The van der Waals surface area contributed by atoms with Crippen molar-refractivity contribution >= 4 is 40.0 Å². The van der Waals surface area contributed by atoms with E-state index in [4.69, 9.17) is 4.74 Å². The molecule has 1 atom stereocenters. The van der Waals surface area contributed by atoms with E-state index >= 15 is 0 Å². The summed E-state index contributed by atoms with van der Waals surface area (Å²) in [5.41, 5.74) is 0.787. The highest BCUT2D eigenvalue weighted by Gasteiger charge is 2.12. The van der Waals surface area contributed by atoms with Crippen LogP contribution in [0.2, 0.25) is 0 Å². The van der Waals surface area contributed by atoms with Crippen molar-refractivity contribution in [1.29, 1.82) is 0 Å². The normalized spacial score (nSPS) is 12.6. The van der Waals surface area contributed by atoms with Gasteiger partial charge in [0.15, 0.2) is 17.5 Å². The van der Waals surface area contributed by atoms with Gasteiger partial charge in [0, 0.05) is 13.6 Å². The van der Waals surface area contributed by atoms with Crippen molar-refractivity contribution in [1.82, 2.24) is 15.4 Å². The SMILES string of the molecule is CN=C(NCc1cccc(S(=O)(=O)NC)c1)NCC(C)Oc1ccccc1F.I. The monoisotopic (exact) mass is 536 g/mol. The number of guanidine groups is 1. The van der Waals surface area contributed by atoms with Crippen LogP contribution in [0.1, 0.15) is 12.5 Å². The molecule has 0 aliphatic heterocycles. The summed E-state index contributed by atoms with van der Waals surface area (Å²) in [4.78, 5) is 4.32. The zero-order chi connectivity index (χ0) is 20.6. The van der Waals surface area contributed by atoms with E-state index in [1.165, 1.54) is 19.2 Å². The zero-order valence-corrected chi connectivity index (χ0v) is 19.6. The van der Waals surface area contributed by atoms with Crippen LogP contribution in [-0.2, 0) is 16.6 Å². The highest BCUT2D eigenvalue weighted by atomic mass is 127. The number of halogens is 2. The standard InChI is InChI=1S/C19H25FN4O3S.HI/c1-14(27-18-10-5-4-9-17(18)20)12-23-19(21-2)24-13-15-7-6-8-16(11-15)28(25,26)22-3;/h4-11,14,22H,12-13H2,1-3H3,(H2,21,23,24);1H. The predicted octanol–water partition coefficient (Wildman–Crippen LogP) is 2.48. The largest absolute Gasteiger partial charge is 0.486 e. The van der Waals surface area contributed by atoms with Crippen molar-refractivity contribution in [2.24, 2.45) is 4.99 Å². The minimum Gasteiger partial charge on any atom is -0.486 e. The van der Waals surface area contributed by atoms with Crippen LogP contribution in [0.4, 0.5) is 4.39 Å². The lowest BCUT2D eigenvalue weighted by Gasteiger charge is -2.18. The summed E-state index contributed by atoms with van der Waals surface area (Å²) in [5.74, 6) is 0.307. The third-order valence-electron chi connectivity index (χ3n) is 3.88. The summed E-state index contributed by atoms with van der Waals surface area (Å²) < 4.78 is 45.3. The van der Waals surface area contributed by atoms with Gasteiger partial charge < -0.3 is 15.4 Å². The minimum atomic E-state index is -3.49. The molecular formula is C19H26FIN4O3S. The third-order valence-corrected chi connectivity index (χ3v) is 5.29. The van der Waals surface area contributed by atoms with Crippen LogP contribution in [-0.4, -0.2) is 41.1 Å². The fourth-order valence-corrected chi connectivity index (χ4v) is 3.19. The number of nitrogens with zero attached hydrogens (tertiary/aromatic N) is 1. The molecular weight excluding hydrogens is 510 g/mol. The molecule has 3 N–H and O–H groups in total. The topological polar surface area (TPSA) is 91.8 Å². The second-order valence-electron chi connectivity index (χ2n) is 6.02. The van der Waals surface area contributed by atoms with Crippen LogP contribution in [0, 0.1) is 5.82 Å². The number of hydrogen-bond donors (Lipinski definition) is 3. The van der Waals surface area contributed by atoms with Crippen LogP contribution >= 0.6 is 24.0 Å². The Labute approximate surface area is 188 Å². The van der Waals surface area contributed by atoms with Gasteiger partial charge in [0.05, 0.1) is 11.4 Å². The Morgan fingerprint density at radius 2 is 1.90 bits per heavy atom. The van der Waals surface area contributed by atoms with Gasteiger partial charge >= 0.3 is 0 Å². The van der Waals surface area contributed by atoms with E-state index in [1.807, 2.05) is 13.0 Å². The second-order valence-corrected chi connectivity index (χ2v) is 7.91. The van der Waals surface area contributed by atoms with Gasteiger partial charge in [-0.05, 0) is 43.8 Å². The molecule has 2 aromatic rings. The number of rotatable bonds is 8. The Bertz CT molecular complexity index is 925. The highest BCUT2D eigenvalue weighted by molar-refractivity contribution is 14.0. The maximum absolute atomic E-state index is 13.6. The van der Waals surface area contributed by atoms with E-state index in [9.17, 15) is 12.8 Å². The Morgan fingerprint density at radius 1 is 1.17 bits per heavy atom. The Balaban J connectivity index is 0.00000420. The summed E-state index contributed by atoms with van der Waals surface area (Å²) in [6.45, 7) is 2.61. The lowest BCUT2D eigenvalue weighted by atomic mass is 10.2. The summed E-state index contributed by atoms with van der Waals surface area (Å²) in [7, 11) is -0.494. The summed E-state index contributed by atoms with van der Waals surface area (Å²) in [6, 6.07) is 12.9. The number of nitrogens with one attached hydrogen (secondary N) is 3. The highest BCUT2D eigenvalue weighted by Crippen LogP contribution is 2.16. The molecule has 0 spiro atoms. The molecule has 2 rings (SSSR count). The molecule has 0 aromatic heterocycles. The first kappa shape index (κ1) is 25.1. The van der Waals surface area contributed by atoms with Crippen molar-refractivity contribution < 1.29 is 17.5 Å². The predicted molar refractivity (Wildman–Crippen MR) is 123 cm³/mol. The smallest absolute Gasteiger partial charge is 0.240 e. The van der Waals surface area contributed by atoms with Crippen molar-refractivity contribution in [2.45, 2.75) is 24.5 Å². The molecule has 7 nitrogen and oxygen atoms in total. The van der Waals surface area contributed by atoms with Crippen molar-refractivity contribution in [2.75, 3.05) is 20.6 Å². The van der Waals surface area contributed by atoms with Crippen LogP contribution in [0.15, 0.2) is 58.4 Å². The van der Waals surface area contributed by atoms with Crippen molar-refractivity contribution in [3.05, 3.63) is 59.9 Å². The van der Waals surface area contributed by atoms with Gasteiger partial charge in [-0.3, -0.25) is 4.99 Å². The molecule has 0 radical (unpaired) electrons. The van der Waals surface area contributed by atoms with Crippen molar-refractivity contribution in [3.8, 4) is 5.75 Å². The van der Waals surface area contributed by atoms with Gasteiger partial charge in [0.2, 0.25) is 10.0 Å². The van der Waals surface area contributed by atoms with E-state index in [0.29, 0.717) is 19.0 Å². The van der Waals surface area contributed by atoms with Crippen LogP contribution in [0.3, 0.4) is 0 Å². The third kappa shape index (κ3) is 7.78. The maximum Gasteiger partial charge on any atom is 0.240 e. The van der Waals surface area contributed by atoms with Crippen LogP contribution in [0.25, 0.3) is 0 Å². The van der Waals surface area contributed by atoms with Crippen LogP contribution < -0.4 is 20.1 Å². The maximum atomic E-state index is 13.6. The first-order valence-electron chi connectivity index (χ1n) is 8.74. The lowest BCUT2D eigenvalue weighted by molar-refractivity contribution is 0.214. The number of para-hydroxylation sites is 1. The molecule has 1 unspecified atom stereocenters. The Kier molecular flexibility index (Phi) is 10.3. The average Bonchev–Trinajstić information content (AvgIpc) is 2.70. The van der Waals surface area contributed by atoms with Crippen molar-refractivity contribution in [3.63, 3.8) is 0 Å². The van der Waals surface area contributed by atoms with Gasteiger partial charge in [-0.1, -0.05) is 24.3 Å². The van der Waals surface area contributed by atoms with Gasteiger partial charge in [-0.25, -0.2) is 17.5 Å². The van der Waals surface area contributed by atoms with E-state index < -0.39 is 15.8 Å². The number of hydrogen-bond acceptors (Lipinski definition) is 4. The summed E-state index contributed by atoms with van der Waals surface area (Å²) >= 11 is 0. The Morgan fingerprint density at radius 3 is 2.55 bits per heavy atom. The molecule has 0 saturated heterocycles. The quantitative estimate of drug-likeness (QED) is 0.274. The number of ether oxygens (including phenoxy) is 1.